The third kappa shape index (κ3) is 2.96. The van der Waals surface area contributed by atoms with E-state index in [1.54, 1.807) is 42.7 Å². The fourth-order valence-electron chi connectivity index (χ4n) is 1.90. The quantitative estimate of drug-likeness (QED) is 0.783. The Morgan fingerprint density at radius 3 is 2.90 bits per heavy atom. The van der Waals surface area contributed by atoms with Crippen molar-refractivity contribution in [2.24, 2.45) is 0 Å². The van der Waals surface area contributed by atoms with Crippen LogP contribution in [0.1, 0.15) is 11.4 Å². The van der Waals surface area contributed by atoms with E-state index >= 15 is 0 Å². The van der Waals surface area contributed by atoms with Crippen LogP contribution in [0, 0.1) is 0 Å². The summed E-state index contributed by atoms with van der Waals surface area (Å²) in [6, 6.07) is 8.59. The number of nitrogens with one attached hydrogen (secondary N) is 1. The molecule has 0 fully saturated rings. The molecule has 6 heteroatoms. The van der Waals surface area contributed by atoms with E-state index in [1.807, 2.05) is 6.07 Å². The van der Waals surface area contributed by atoms with Crippen LogP contribution in [0.4, 0.5) is 0 Å². The van der Waals surface area contributed by atoms with Gasteiger partial charge in [0.25, 0.3) is 5.56 Å². The van der Waals surface area contributed by atoms with Crippen LogP contribution in [0.3, 0.4) is 0 Å². The normalized spacial score (nSPS) is 11.8. The Morgan fingerprint density at radius 2 is 2.14 bits per heavy atom. The maximum atomic E-state index is 12.1. The summed E-state index contributed by atoms with van der Waals surface area (Å²) in [7, 11) is 0. The molecule has 3 aromatic rings. The zero-order valence-electron chi connectivity index (χ0n) is 10.7. The summed E-state index contributed by atoms with van der Waals surface area (Å²) >= 11 is 12.1. The van der Waals surface area contributed by atoms with Crippen LogP contribution in [-0.4, -0.2) is 15.0 Å². The van der Waals surface area contributed by atoms with Crippen molar-refractivity contribution in [3.8, 4) is 0 Å². The number of H-pyrrole nitrogens is 1. The van der Waals surface area contributed by atoms with E-state index in [4.69, 9.17) is 23.2 Å². The van der Waals surface area contributed by atoms with Gasteiger partial charge in [0.05, 0.1) is 15.9 Å². The number of halogens is 2. The second kappa shape index (κ2) is 5.68. The average molecular weight is 318 g/mol. The molecule has 0 radical (unpaired) electrons. The highest BCUT2D eigenvalue weighted by Gasteiger charge is 2.07. The van der Waals surface area contributed by atoms with Crippen LogP contribution >= 0.6 is 23.2 Å². The number of aromatic nitrogens is 3. The van der Waals surface area contributed by atoms with Crippen LogP contribution in [0.25, 0.3) is 22.0 Å². The number of hydrogen-bond donors (Lipinski definition) is 1. The Kier molecular flexibility index (Phi) is 3.73. The molecule has 0 saturated heterocycles. The van der Waals surface area contributed by atoms with Crippen molar-refractivity contribution in [3.05, 3.63) is 69.5 Å². The summed E-state index contributed by atoms with van der Waals surface area (Å²) in [5.74, 6) is 0.306. The number of hydrogen-bond acceptors (Lipinski definition) is 3. The maximum absolute atomic E-state index is 12.1. The molecule has 104 valence electrons. The number of pyridine rings is 1. The molecular weight excluding hydrogens is 309 g/mol. The Balaban J connectivity index is 2.11. The van der Waals surface area contributed by atoms with Gasteiger partial charge in [-0.2, -0.15) is 0 Å². The standard InChI is InChI=1S/C15H9Cl2N3O/c16-10-3-4-13-11(7-10)15(21)20-14(19-13)12(17)6-9-2-1-5-18-8-9/h1-8H,(H,19,20,21)/b12-6+. The fraction of sp³-hybridized carbons (Fsp3) is 0. The largest absolute Gasteiger partial charge is 0.305 e. The Bertz CT molecular complexity index is 888. The molecule has 2 aromatic heterocycles. The van der Waals surface area contributed by atoms with E-state index in [1.165, 1.54) is 0 Å². The van der Waals surface area contributed by atoms with Gasteiger partial charge in [-0.3, -0.25) is 9.78 Å². The highest BCUT2D eigenvalue weighted by molar-refractivity contribution is 6.50. The third-order valence-corrected chi connectivity index (χ3v) is 3.39. The van der Waals surface area contributed by atoms with Gasteiger partial charge in [0.15, 0.2) is 5.82 Å². The number of benzene rings is 1. The first-order valence-electron chi connectivity index (χ1n) is 6.11. The minimum absolute atomic E-state index is 0.282. The Morgan fingerprint density at radius 1 is 1.29 bits per heavy atom. The zero-order valence-corrected chi connectivity index (χ0v) is 12.2. The molecule has 2 heterocycles. The molecule has 0 aliphatic rings. The maximum Gasteiger partial charge on any atom is 0.259 e. The molecule has 1 aromatic carbocycles. The van der Waals surface area contributed by atoms with Gasteiger partial charge in [0, 0.05) is 17.4 Å². The number of nitrogens with zero attached hydrogens (tertiary/aromatic N) is 2. The molecule has 0 aliphatic carbocycles. The van der Waals surface area contributed by atoms with E-state index in [-0.39, 0.29) is 5.56 Å². The molecule has 0 amide bonds. The highest BCUT2D eigenvalue weighted by atomic mass is 35.5. The number of rotatable bonds is 2. The van der Waals surface area contributed by atoms with E-state index in [0.717, 1.165) is 5.56 Å². The summed E-state index contributed by atoms with van der Waals surface area (Å²) in [5.41, 5.74) is 1.08. The first-order valence-corrected chi connectivity index (χ1v) is 6.86. The van der Waals surface area contributed by atoms with Gasteiger partial charge in [0.2, 0.25) is 0 Å². The van der Waals surface area contributed by atoms with Crippen LogP contribution in [0.15, 0.2) is 47.5 Å². The van der Waals surface area contributed by atoms with Crippen molar-refractivity contribution in [1.82, 2.24) is 15.0 Å². The predicted octanol–water partition coefficient (Wildman–Crippen LogP) is 3.71. The molecule has 0 saturated carbocycles. The summed E-state index contributed by atoms with van der Waals surface area (Å²) in [5, 5.41) is 1.24. The highest BCUT2D eigenvalue weighted by Crippen LogP contribution is 2.20. The van der Waals surface area contributed by atoms with Crippen LogP contribution in [0.2, 0.25) is 5.02 Å². The summed E-state index contributed by atoms with van der Waals surface area (Å²) in [6.07, 6.45) is 5.03. The smallest absolute Gasteiger partial charge is 0.259 e. The molecule has 3 rings (SSSR count). The van der Waals surface area contributed by atoms with Crippen LogP contribution in [0.5, 0.6) is 0 Å². The van der Waals surface area contributed by atoms with Crippen molar-refractivity contribution in [2.75, 3.05) is 0 Å². The lowest BCUT2D eigenvalue weighted by Gasteiger charge is -2.02. The van der Waals surface area contributed by atoms with Crippen molar-refractivity contribution in [1.29, 1.82) is 0 Å². The van der Waals surface area contributed by atoms with Gasteiger partial charge in [-0.15, -0.1) is 0 Å². The van der Waals surface area contributed by atoms with E-state index in [0.29, 0.717) is 26.8 Å². The van der Waals surface area contributed by atoms with Crippen LogP contribution in [-0.2, 0) is 0 Å². The first-order chi connectivity index (χ1) is 10.1. The molecular formula is C15H9Cl2N3O. The zero-order chi connectivity index (χ0) is 14.8. The lowest BCUT2D eigenvalue weighted by molar-refractivity contribution is 1.14. The molecule has 0 atom stereocenters. The lowest BCUT2D eigenvalue weighted by Crippen LogP contribution is -2.10. The van der Waals surface area contributed by atoms with Crippen LogP contribution < -0.4 is 5.56 Å². The van der Waals surface area contributed by atoms with Crippen molar-refractivity contribution in [3.63, 3.8) is 0 Å². The van der Waals surface area contributed by atoms with Gasteiger partial charge < -0.3 is 4.98 Å². The van der Waals surface area contributed by atoms with Gasteiger partial charge in [-0.25, -0.2) is 4.98 Å². The predicted molar refractivity (Wildman–Crippen MR) is 85.3 cm³/mol. The number of aromatic amines is 1. The second-order valence-corrected chi connectivity index (χ2v) is 5.20. The molecule has 0 aliphatic heterocycles. The monoisotopic (exact) mass is 317 g/mol. The van der Waals surface area contributed by atoms with E-state index < -0.39 is 0 Å². The van der Waals surface area contributed by atoms with Gasteiger partial charge in [0.1, 0.15) is 0 Å². The SMILES string of the molecule is O=c1[nH]c(/C(Cl)=C\c2cccnc2)nc2ccc(Cl)cc12. The van der Waals surface area contributed by atoms with Crippen molar-refractivity contribution < 1.29 is 0 Å². The molecule has 0 spiro atoms. The average Bonchev–Trinajstić information content (AvgIpc) is 2.49. The van der Waals surface area contributed by atoms with Crippen molar-refractivity contribution >= 4 is 45.2 Å². The summed E-state index contributed by atoms with van der Waals surface area (Å²) in [4.78, 5) is 23.0. The molecule has 1 N–H and O–H groups in total. The Hall–Kier alpha value is -2.17. The van der Waals surface area contributed by atoms with E-state index in [2.05, 4.69) is 15.0 Å². The summed E-state index contributed by atoms with van der Waals surface area (Å²) < 4.78 is 0. The molecule has 21 heavy (non-hydrogen) atoms. The minimum atomic E-state index is -0.282. The fourth-order valence-corrected chi connectivity index (χ4v) is 2.29. The second-order valence-electron chi connectivity index (χ2n) is 4.35. The molecule has 4 nitrogen and oxygen atoms in total. The summed E-state index contributed by atoms with van der Waals surface area (Å²) in [6.45, 7) is 0. The minimum Gasteiger partial charge on any atom is -0.305 e. The van der Waals surface area contributed by atoms with E-state index in [9.17, 15) is 4.79 Å². The van der Waals surface area contributed by atoms with Crippen molar-refractivity contribution in [2.45, 2.75) is 0 Å². The Labute approximate surface area is 130 Å². The molecule has 0 bridgehead atoms. The van der Waals surface area contributed by atoms with Gasteiger partial charge >= 0.3 is 0 Å². The lowest BCUT2D eigenvalue weighted by atomic mass is 10.2. The topological polar surface area (TPSA) is 58.6 Å². The molecule has 0 unspecified atom stereocenters. The number of fused-ring (bicyclic) bond motifs is 1. The van der Waals surface area contributed by atoms with Gasteiger partial charge in [-0.1, -0.05) is 29.3 Å². The third-order valence-electron chi connectivity index (χ3n) is 2.87. The van der Waals surface area contributed by atoms with Gasteiger partial charge in [-0.05, 0) is 35.9 Å². The first kappa shape index (κ1) is 13.8.